The van der Waals surface area contributed by atoms with Gasteiger partial charge in [-0.1, -0.05) is 22.9 Å². The number of sulfonamides is 1. The van der Waals surface area contributed by atoms with Crippen LogP contribution in [0.15, 0.2) is 47.4 Å². The van der Waals surface area contributed by atoms with E-state index in [9.17, 15) is 26.4 Å². The van der Waals surface area contributed by atoms with E-state index in [1.54, 1.807) is 4.90 Å². The fourth-order valence-electron chi connectivity index (χ4n) is 4.49. The van der Waals surface area contributed by atoms with Crippen LogP contribution in [0.2, 0.25) is 5.02 Å². The Bertz CT molecular complexity index is 1410. The Hall–Kier alpha value is -2.90. The Morgan fingerprint density at radius 2 is 1.83 bits per heavy atom. The Balaban J connectivity index is 1.30. The third kappa shape index (κ3) is 4.74. The first-order valence-corrected chi connectivity index (χ1v) is 13.6. The maximum absolute atomic E-state index is 13.3. The SMILES string of the molecule is O=C1[C@H](N2CCCc3cc(Cl)ccc32)CCN1c1ccc(S(=O)(=O)Nc2nnc(C(F)(F)F)s2)cc1. The number of amides is 1. The standard InChI is InChI=1S/C22H19ClF3N5O3S2/c23-14-3-8-17-13(12-14)2-1-10-31(17)18-9-11-30(19(18)32)15-4-6-16(7-5-15)36(33,34)29-21-28-27-20(35-21)22(24,25)26/h3-8,12,18H,1-2,9-11H2,(H,28,29)/t18-/m1/s1. The zero-order valence-corrected chi connectivity index (χ0v) is 20.9. The van der Waals surface area contributed by atoms with Crippen LogP contribution in [0.3, 0.4) is 0 Å². The predicted molar refractivity (Wildman–Crippen MR) is 130 cm³/mol. The van der Waals surface area contributed by atoms with E-state index in [4.69, 9.17) is 11.6 Å². The summed E-state index contributed by atoms with van der Waals surface area (Å²) in [6, 6.07) is 10.9. The van der Waals surface area contributed by atoms with E-state index in [1.165, 1.54) is 24.3 Å². The molecule has 0 spiro atoms. The van der Waals surface area contributed by atoms with Gasteiger partial charge in [-0.25, -0.2) is 8.42 Å². The van der Waals surface area contributed by atoms with Crippen LogP contribution in [0.25, 0.3) is 0 Å². The second-order valence-corrected chi connectivity index (χ2v) is 11.5. The summed E-state index contributed by atoms with van der Waals surface area (Å²) in [5.74, 6) is -0.0833. The minimum Gasteiger partial charge on any atom is -0.359 e. The van der Waals surface area contributed by atoms with Crippen molar-refractivity contribution in [2.45, 2.75) is 36.4 Å². The summed E-state index contributed by atoms with van der Waals surface area (Å²) < 4.78 is 65.3. The summed E-state index contributed by atoms with van der Waals surface area (Å²) in [7, 11) is -4.20. The molecule has 0 unspecified atom stereocenters. The van der Waals surface area contributed by atoms with Crippen molar-refractivity contribution in [2.75, 3.05) is 27.6 Å². The molecule has 0 radical (unpaired) electrons. The van der Waals surface area contributed by atoms with Crippen LogP contribution in [0.1, 0.15) is 23.4 Å². The van der Waals surface area contributed by atoms with Gasteiger partial charge in [0.15, 0.2) is 0 Å². The number of aromatic nitrogens is 2. The molecule has 0 aliphatic carbocycles. The Morgan fingerprint density at radius 1 is 1.08 bits per heavy atom. The van der Waals surface area contributed by atoms with Gasteiger partial charge in [-0.15, -0.1) is 10.2 Å². The number of rotatable bonds is 5. The molecule has 5 rings (SSSR count). The lowest BCUT2D eigenvalue weighted by Gasteiger charge is -2.35. The molecule has 0 bridgehead atoms. The number of halogens is 4. The molecule has 190 valence electrons. The average molecular weight is 558 g/mol. The van der Waals surface area contributed by atoms with Crippen molar-refractivity contribution < 1.29 is 26.4 Å². The number of anilines is 3. The van der Waals surface area contributed by atoms with E-state index in [1.807, 2.05) is 22.9 Å². The Labute approximate surface area is 213 Å². The number of carbonyl (C=O) groups is 1. The largest absolute Gasteiger partial charge is 0.445 e. The van der Waals surface area contributed by atoms with Crippen molar-refractivity contribution in [3.8, 4) is 0 Å². The van der Waals surface area contributed by atoms with Crippen LogP contribution >= 0.6 is 22.9 Å². The molecule has 2 aromatic carbocycles. The van der Waals surface area contributed by atoms with E-state index >= 15 is 0 Å². The monoisotopic (exact) mass is 557 g/mol. The molecule has 36 heavy (non-hydrogen) atoms. The second-order valence-electron chi connectivity index (χ2n) is 8.37. The van der Waals surface area contributed by atoms with Crippen LogP contribution in [0.4, 0.5) is 29.7 Å². The fourth-order valence-corrected chi connectivity index (χ4v) is 6.52. The summed E-state index contributed by atoms with van der Waals surface area (Å²) in [6.07, 6.45) is -2.29. The van der Waals surface area contributed by atoms with Crippen molar-refractivity contribution >= 4 is 55.4 Å². The lowest BCUT2D eigenvalue weighted by molar-refractivity contribution is -0.138. The van der Waals surface area contributed by atoms with Crippen molar-refractivity contribution in [3.05, 3.63) is 58.1 Å². The first kappa shape index (κ1) is 24.8. The molecule has 0 saturated carbocycles. The molecule has 1 saturated heterocycles. The molecule has 1 amide bonds. The number of nitrogens with zero attached hydrogens (tertiary/aromatic N) is 4. The van der Waals surface area contributed by atoms with Gasteiger partial charge >= 0.3 is 6.18 Å². The van der Waals surface area contributed by atoms with Crippen LogP contribution in [0, 0.1) is 0 Å². The first-order valence-electron chi connectivity index (χ1n) is 10.9. The first-order chi connectivity index (χ1) is 17.0. The highest BCUT2D eigenvalue weighted by molar-refractivity contribution is 7.93. The van der Waals surface area contributed by atoms with E-state index in [0.717, 1.165) is 30.6 Å². The third-order valence-electron chi connectivity index (χ3n) is 6.10. The fraction of sp³-hybridized carbons (Fsp3) is 0.318. The number of hydrogen-bond acceptors (Lipinski definition) is 7. The van der Waals surface area contributed by atoms with Gasteiger partial charge in [0.2, 0.25) is 16.0 Å². The molecule has 1 fully saturated rings. The zero-order valence-electron chi connectivity index (χ0n) is 18.5. The lowest BCUT2D eigenvalue weighted by atomic mass is 9.99. The van der Waals surface area contributed by atoms with E-state index < -0.39 is 26.3 Å². The lowest BCUT2D eigenvalue weighted by Crippen LogP contribution is -2.44. The van der Waals surface area contributed by atoms with Crippen LogP contribution in [-0.4, -0.2) is 43.7 Å². The number of hydrogen-bond donors (Lipinski definition) is 1. The number of aryl methyl sites for hydroxylation is 1. The predicted octanol–water partition coefficient (Wildman–Crippen LogP) is 4.57. The van der Waals surface area contributed by atoms with Crippen molar-refractivity contribution in [3.63, 3.8) is 0 Å². The minimum absolute atomic E-state index is 0.0833. The quantitative estimate of drug-likeness (QED) is 0.494. The summed E-state index contributed by atoms with van der Waals surface area (Å²) >= 11 is 6.23. The molecular weight excluding hydrogens is 539 g/mol. The highest BCUT2D eigenvalue weighted by atomic mass is 35.5. The summed E-state index contributed by atoms with van der Waals surface area (Å²) in [5.41, 5.74) is 2.65. The van der Waals surface area contributed by atoms with Gasteiger partial charge in [-0.2, -0.15) is 13.2 Å². The van der Waals surface area contributed by atoms with Gasteiger partial charge in [0.1, 0.15) is 6.04 Å². The van der Waals surface area contributed by atoms with Gasteiger partial charge < -0.3 is 9.80 Å². The molecule has 1 N–H and O–H groups in total. The Morgan fingerprint density at radius 3 is 2.53 bits per heavy atom. The topological polar surface area (TPSA) is 95.5 Å². The van der Waals surface area contributed by atoms with Crippen molar-refractivity contribution in [1.82, 2.24) is 10.2 Å². The van der Waals surface area contributed by atoms with Gasteiger partial charge in [0.05, 0.1) is 4.90 Å². The maximum atomic E-state index is 13.3. The summed E-state index contributed by atoms with van der Waals surface area (Å²) in [4.78, 5) is 16.8. The van der Waals surface area contributed by atoms with Crippen molar-refractivity contribution in [2.24, 2.45) is 0 Å². The molecular formula is C22H19ClF3N5O3S2. The molecule has 14 heteroatoms. The number of alkyl halides is 3. The highest BCUT2D eigenvalue weighted by Crippen LogP contribution is 2.36. The summed E-state index contributed by atoms with van der Waals surface area (Å²) in [5, 5.41) is 5.13. The average Bonchev–Trinajstić information content (AvgIpc) is 3.45. The molecule has 1 atom stereocenters. The smallest absolute Gasteiger partial charge is 0.359 e. The third-order valence-corrected chi connectivity index (χ3v) is 8.70. The Kier molecular flexibility index (Phi) is 6.33. The van der Waals surface area contributed by atoms with Gasteiger partial charge in [-0.05, 0) is 67.3 Å². The molecule has 3 aromatic rings. The van der Waals surface area contributed by atoms with Crippen LogP contribution in [0.5, 0.6) is 0 Å². The van der Waals surface area contributed by atoms with Crippen molar-refractivity contribution in [1.29, 1.82) is 0 Å². The van der Waals surface area contributed by atoms with Crippen LogP contribution in [-0.2, 0) is 27.4 Å². The minimum atomic E-state index is -4.72. The maximum Gasteiger partial charge on any atom is 0.445 e. The zero-order chi connectivity index (χ0) is 25.7. The molecule has 2 aliphatic heterocycles. The molecule has 2 aliphatic rings. The van der Waals surface area contributed by atoms with Gasteiger partial charge in [-0.3, -0.25) is 9.52 Å². The number of benzene rings is 2. The van der Waals surface area contributed by atoms with Gasteiger partial charge in [0, 0.05) is 29.5 Å². The van der Waals surface area contributed by atoms with Gasteiger partial charge in [0.25, 0.3) is 10.0 Å². The number of carbonyl (C=O) groups excluding carboxylic acids is 1. The molecule has 3 heterocycles. The number of nitrogens with one attached hydrogen (secondary N) is 1. The van der Waals surface area contributed by atoms with Crippen LogP contribution < -0.4 is 14.5 Å². The second kappa shape index (κ2) is 9.20. The van der Waals surface area contributed by atoms with E-state index in [-0.39, 0.29) is 28.2 Å². The summed E-state index contributed by atoms with van der Waals surface area (Å²) in [6.45, 7) is 1.22. The number of fused-ring (bicyclic) bond motifs is 1. The molecule has 1 aromatic heterocycles. The highest BCUT2D eigenvalue weighted by Gasteiger charge is 2.39. The molecule has 8 nitrogen and oxygen atoms in total. The van der Waals surface area contributed by atoms with E-state index in [2.05, 4.69) is 15.1 Å². The van der Waals surface area contributed by atoms with E-state index in [0.29, 0.717) is 23.7 Å². The normalized spacial score (nSPS) is 18.4.